The van der Waals surface area contributed by atoms with Crippen LogP contribution in [0.1, 0.15) is 12.8 Å². The van der Waals surface area contributed by atoms with E-state index in [0.29, 0.717) is 18.2 Å². The van der Waals surface area contributed by atoms with Crippen molar-refractivity contribution in [2.45, 2.75) is 18.4 Å². The second-order valence-corrected chi connectivity index (χ2v) is 8.73. The molecule has 32 heavy (non-hydrogen) atoms. The number of nitrogens with zero attached hydrogens (tertiary/aromatic N) is 3. The molecule has 10 nitrogen and oxygen atoms in total. The predicted molar refractivity (Wildman–Crippen MR) is 116 cm³/mol. The van der Waals surface area contributed by atoms with Crippen molar-refractivity contribution >= 4 is 15.9 Å². The van der Waals surface area contributed by atoms with Gasteiger partial charge >= 0.3 is 0 Å². The SMILES string of the molecule is CCOc1ccc(-c2noc(CNC(=O)CN(C)S(=O)(=O)c3ccc(OC)cc3)n2)cc1. The molecule has 3 aromatic rings. The minimum absolute atomic E-state index is 0.0285. The number of carbonyl (C=O) groups is 1. The van der Waals surface area contributed by atoms with Crippen molar-refractivity contribution in [3.63, 3.8) is 0 Å². The van der Waals surface area contributed by atoms with Gasteiger partial charge in [0.15, 0.2) is 0 Å². The van der Waals surface area contributed by atoms with E-state index in [1.54, 1.807) is 36.4 Å². The van der Waals surface area contributed by atoms with Gasteiger partial charge in [-0.3, -0.25) is 4.79 Å². The van der Waals surface area contributed by atoms with E-state index in [4.69, 9.17) is 14.0 Å². The summed E-state index contributed by atoms with van der Waals surface area (Å²) in [7, 11) is -1.01. The average Bonchev–Trinajstić information content (AvgIpc) is 3.27. The first-order chi connectivity index (χ1) is 15.3. The molecule has 2 aromatic carbocycles. The third-order valence-corrected chi connectivity index (χ3v) is 6.28. The number of ether oxygens (including phenoxy) is 2. The summed E-state index contributed by atoms with van der Waals surface area (Å²) < 4.78 is 41.8. The average molecular weight is 461 g/mol. The number of amides is 1. The summed E-state index contributed by atoms with van der Waals surface area (Å²) in [5.41, 5.74) is 0.736. The summed E-state index contributed by atoms with van der Waals surface area (Å²) in [6.45, 7) is 2.08. The molecule has 0 aliphatic heterocycles. The molecule has 0 radical (unpaired) electrons. The molecule has 1 aromatic heterocycles. The Kier molecular flexibility index (Phi) is 7.44. The third kappa shape index (κ3) is 5.62. The molecule has 0 fully saturated rings. The zero-order chi connectivity index (χ0) is 23.1. The Morgan fingerprint density at radius 3 is 2.38 bits per heavy atom. The highest BCUT2D eigenvalue weighted by molar-refractivity contribution is 7.89. The van der Waals surface area contributed by atoms with Crippen LogP contribution in [0.3, 0.4) is 0 Å². The van der Waals surface area contributed by atoms with Gasteiger partial charge < -0.3 is 19.3 Å². The molecule has 0 saturated heterocycles. The van der Waals surface area contributed by atoms with Crippen molar-refractivity contribution < 1.29 is 27.2 Å². The van der Waals surface area contributed by atoms with Crippen LogP contribution in [-0.4, -0.2) is 56.1 Å². The van der Waals surface area contributed by atoms with E-state index in [1.165, 1.54) is 26.3 Å². The first-order valence-corrected chi connectivity index (χ1v) is 11.2. The van der Waals surface area contributed by atoms with E-state index in [-0.39, 0.29) is 23.9 Å². The minimum atomic E-state index is -3.83. The molecule has 0 atom stereocenters. The van der Waals surface area contributed by atoms with Crippen LogP contribution in [0.25, 0.3) is 11.4 Å². The summed E-state index contributed by atoms with van der Waals surface area (Å²) >= 11 is 0. The zero-order valence-electron chi connectivity index (χ0n) is 17.9. The lowest BCUT2D eigenvalue weighted by Gasteiger charge is -2.16. The van der Waals surface area contributed by atoms with E-state index in [0.717, 1.165) is 15.6 Å². The van der Waals surface area contributed by atoms with Gasteiger partial charge in [-0.2, -0.15) is 9.29 Å². The molecule has 0 unspecified atom stereocenters. The summed E-state index contributed by atoms with van der Waals surface area (Å²) in [4.78, 5) is 16.5. The summed E-state index contributed by atoms with van der Waals surface area (Å²) in [5.74, 6) is 1.33. The summed E-state index contributed by atoms with van der Waals surface area (Å²) in [6, 6.07) is 13.1. The van der Waals surface area contributed by atoms with Crippen molar-refractivity contribution in [2.24, 2.45) is 0 Å². The van der Waals surface area contributed by atoms with Gasteiger partial charge in [0, 0.05) is 12.6 Å². The molecule has 1 heterocycles. The van der Waals surface area contributed by atoms with Crippen molar-refractivity contribution in [1.82, 2.24) is 19.8 Å². The monoisotopic (exact) mass is 460 g/mol. The maximum atomic E-state index is 12.6. The second-order valence-electron chi connectivity index (χ2n) is 6.68. The smallest absolute Gasteiger partial charge is 0.246 e. The Morgan fingerprint density at radius 1 is 1.09 bits per heavy atom. The lowest BCUT2D eigenvalue weighted by molar-refractivity contribution is -0.121. The fourth-order valence-corrected chi connectivity index (χ4v) is 3.88. The number of sulfonamides is 1. The standard InChI is InChI=1S/C21H24N4O6S/c1-4-30-17-7-5-15(6-8-17)21-23-20(31-24-21)13-22-19(26)14-25(2)32(27,28)18-11-9-16(29-3)10-12-18/h5-12H,4,13-14H2,1-3H3,(H,22,26). The Bertz CT molecular complexity index is 1140. The van der Waals surface area contributed by atoms with Crippen LogP contribution >= 0.6 is 0 Å². The molecule has 1 amide bonds. The molecule has 0 saturated carbocycles. The third-order valence-electron chi connectivity index (χ3n) is 4.46. The highest BCUT2D eigenvalue weighted by Gasteiger charge is 2.23. The van der Waals surface area contributed by atoms with Gasteiger partial charge in [0.2, 0.25) is 27.6 Å². The Morgan fingerprint density at radius 2 is 1.75 bits per heavy atom. The quantitative estimate of drug-likeness (QED) is 0.488. The Labute approximate surface area is 186 Å². The van der Waals surface area contributed by atoms with Crippen LogP contribution in [0.2, 0.25) is 0 Å². The number of likely N-dealkylation sites (N-methyl/N-ethyl adjacent to an activating group) is 1. The lowest BCUT2D eigenvalue weighted by atomic mass is 10.2. The molecule has 3 rings (SSSR count). The van der Waals surface area contributed by atoms with Crippen LogP contribution in [0.4, 0.5) is 0 Å². The summed E-state index contributed by atoms with van der Waals surface area (Å²) in [6.07, 6.45) is 0. The van der Waals surface area contributed by atoms with E-state index in [1.807, 2.05) is 6.92 Å². The molecule has 1 N–H and O–H groups in total. The van der Waals surface area contributed by atoms with Crippen LogP contribution in [0.5, 0.6) is 11.5 Å². The highest BCUT2D eigenvalue weighted by atomic mass is 32.2. The van der Waals surface area contributed by atoms with Crippen LogP contribution in [-0.2, 0) is 21.4 Å². The minimum Gasteiger partial charge on any atom is -0.497 e. The van der Waals surface area contributed by atoms with Gasteiger partial charge in [-0.05, 0) is 55.5 Å². The van der Waals surface area contributed by atoms with Crippen molar-refractivity contribution in [3.05, 3.63) is 54.4 Å². The number of methoxy groups -OCH3 is 1. The highest BCUT2D eigenvalue weighted by Crippen LogP contribution is 2.20. The van der Waals surface area contributed by atoms with Gasteiger partial charge in [0.05, 0.1) is 31.7 Å². The summed E-state index contributed by atoms with van der Waals surface area (Å²) in [5, 5.41) is 6.48. The molecule has 0 spiro atoms. The molecule has 170 valence electrons. The molecule has 11 heteroatoms. The lowest BCUT2D eigenvalue weighted by Crippen LogP contribution is -2.38. The second kappa shape index (κ2) is 10.2. The number of rotatable bonds is 10. The van der Waals surface area contributed by atoms with Crippen LogP contribution < -0.4 is 14.8 Å². The van der Waals surface area contributed by atoms with E-state index < -0.39 is 15.9 Å². The fourth-order valence-electron chi connectivity index (χ4n) is 2.76. The number of hydrogen-bond acceptors (Lipinski definition) is 8. The van der Waals surface area contributed by atoms with Crippen molar-refractivity contribution in [3.8, 4) is 22.9 Å². The molecule has 0 aliphatic rings. The largest absolute Gasteiger partial charge is 0.497 e. The van der Waals surface area contributed by atoms with Gasteiger partial charge in [0.1, 0.15) is 11.5 Å². The van der Waals surface area contributed by atoms with Crippen molar-refractivity contribution in [1.29, 1.82) is 0 Å². The maximum absolute atomic E-state index is 12.6. The number of hydrogen-bond donors (Lipinski definition) is 1. The normalized spacial score (nSPS) is 11.4. The first kappa shape index (κ1) is 23.2. The zero-order valence-corrected chi connectivity index (χ0v) is 18.8. The Balaban J connectivity index is 1.55. The maximum Gasteiger partial charge on any atom is 0.246 e. The molecule has 0 bridgehead atoms. The molecule has 0 aliphatic carbocycles. The number of benzene rings is 2. The van der Waals surface area contributed by atoms with Gasteiger partial charge in [-0.15, -0.1) is 0 Å². The number of nitrogens with one attached hydrogen (secondary N) is 1. The fraction of sp³-hybridized carbons (Fsp3) is 0.286. The first-order valence-electron chi connectivity index (χ1n) is 9.76. The van der Waals surface area contributed by atoms with E-state index >= 15 is 0 Å². The van der Waals surface area contributed by atoms with Gasteiger partial charge in [0.25, 0.3) is 0 Å². The van der Waals surface area contributed by atoms with Crippen LogP contribution in [0, 0.1) is 0 Å². The van der Waals surface area contributed by atoms with E-state index in [9.17, 15) is 13.2 Å². The number of carbonyl (C=O) groups excluding carboxylic acids is 1. The van der Waals surface area contributed by atoms with Crippen LogP contribution in [0.15, 0.2) is 57.9 Å². The molecular formula is C21H24N4O6S. The predicted octanol–water partition coefficient (Wildman–Crippen LogP) is 2.08. The van der Waals surface area contributed by atoms with Gasteiger partial charge in [-0.1, -0.05) is 5.16 Å². The number of aromatic nitrogens is 2. The van der Waals surface area contributed by atoms with E-state index in [2.05, 4.69) is 15.5 Å². The van der Waals surface area contributed by atoms with Gasteiger partial charge in [-0.25, -0.2) is 8.42 Å². The Hall–Kier alpha value is -3.44. The molecular weight excluding hydrogens is 436 g/mol. The topological polar surface area (TPSA) is 124 Å². The van der Waals surface area contributed by atoms with Crippen molar-refractivity contribution in [2.75, 3.05) is 27.3 Å².